The Morgan fingerprint density at radius 2 is 1.66 bits per heavy atom. The molecular weight excluding hydrogens is 520 g/mol. The molecule has 1 aliphatic carbocycles. The molecule has 0 aromatic heterocycles. The summed E-state index contributed by atoms with van der Waals surface area (Å²) >= 11 is 0. The molecule has 4 rings (SSSR count). The summed E-state index contributed by atoms with van der Waals surface area (Å²) < 4.78 is 11.3. The van der Waals surface area contributed by atoms with Gasteiger partial charge >= 0.3 is 11.9 Å². The molecule has 2 amide bonds. The van der Waals surface area contributed by atoms with E-state index < -0.39 is 29.6 Å². The molecule has 2 aromatic carbocycles. The second-order valence-corrected chi connectivity index (χ2v) is 12.1. The smallest absolute Gasteiger partial charge is 0.323 e. The third-order valence-electron chi connectivity index (χ3n) is 7.06. The fourth-order valence-corrected chi connectivity index (χ4v) is 5.10. The highest BCUT2D eigenvalue weighted by Crippen LogP contribution is 2.30. The molecule has 0 fully saturated rings. The quantitative estimate of drug-likeness (QED) is 0.302. The summed E-state index contributed by atoms with van der Waals surface area (Å²) in [5.74, 6) is -1.65. The number of amides is 2. The van der Waals surface area contributed by atoms with Crippen molar-refractivity contribution in [1.82, 2.24) is 10.2 Å². The highest BCUT2D eigenvalue weighted by atomic mass is 16.6. The lowest BCUT2D eigenvalue weighted by Crippen LogP contribution is -2.51. The van der Waals surface area contributed by atoms with E-state index in [1.807, 2.05) is 56.3 Å². The number of hydrogen-bond donors (Lipinski definition) is 1. The normalized spacial score (nSPS) is 15.9. The van der Waals surface area contributed by atoms with Crippen molar-refractivity contribution in [2.45, 2.75) is 84.6 Å². The second kappa shape index (κ2) is 12.8. The Balaban J connectivity index is 1.50. The predicted octanol–water partition coefficient (Wildman–Crippen LogP) is 5.09. The molecule has 8 heteroatoms. The number of esters is 2. The van der Waals surface area contributed by atoms with Gasteiger partial charge in [-0.25, -0.2) is 0 Å². The summed E-state index contributed by atoms with van der Waals surface area (Å²) in [5.41, 5.74) is 2.87. The number of nitrogens with one attached hydrogen (secondary N) is 1. The molecule has 0 unspecified atom stereocenters. The summed E-state index contributed by atoms with van der Waals surface area (Å²) in [6, 6.07) is 11.3. The lowest BCUT2D eigenvalue weighted by molar-refractivity contribution is -0.159. The Bertz CT molecular complexity index is 1330. The number of rotatable bonds is 11. The molecule has 2 aliphatic rings. The van der Waals surface area contributed by atoms with Crippen molar-refractivity contribution < 1.29 is 28.7 Å². The van der Waals surface area contributed by atoms with Gasteiger partial charge in [-0.15, -0.1) is 0 Å². The number of benzene rings is 2. The zero-order chi connectivity index (χ0) is 29.7. The SMILES string of the molecule is CC(C)C[C@H](N[C@H](CCN1C(=O)c2cc3c(cc2C1=O)CCC=C3)C(=O)OC(C)(C)C)C(=O)OCc1ccccc1. The number of carbonyl (C=O) groups is 4. The van der Waals surface area contributed by atoms with Crippen molar-refractivity contribution in [3.63, 3.8) is 0 Å². The van der Waals surface area contributed by atoms with Gasteiger partial charge in [-0.05, 0) is 81.2 Å². The van der Waals surface area contributed by atoms with E-state index in [0.29, 0.717) is 17.5 Å². The number of imide groups is 1. The monoisotopic (exact) mass is 560 g/mol. The van der Waals surface area contributed by atoms with E-state index >= 15 is 0 Å². The highest BCUT2D eigenvalue weighted by Gasteiger charge is 2.38. The molecule has 218 valence electrons. The third-order valence-corrected chi connectivity index (χ3v) is 7.06. The summed E-state index contributed by atoms with van der Waals surface area (Å²) in [5, 5.41) is 3.16. The minimum Gasteiger partial charge on any atom is -0.460 e. The number of hydrogen-bond acceptors (Lipinski definition) is 7. The lowest BCUT2D eigenvalue weighted by atomic mass is 9.93. The maximum absolute atomic E-state index is 13.3. The lowest BCUT2D eigenvalue weighted by Gasteiger charge is -2.29. The van der Waals surface area contributed by atoms with Gasteiger partial charge in [-0.2, -0.15) is 0 Å². The van der Waals surface area contributed by atoms with Crippen LogP contribution in [0, 0.1) is 5.92 Å². The van der Waals surface area contributed by atoms with E-state index in [2.05, 4.69) is 11.4 Å². The first-order valence-corrected chi connectivity index (χ1v) is 14.3. The molecule has 0 radical (unpaired) electrons. The van der Waals surface area contributed by atoms with Crippen LogP contribution >= 0.6 is 0 Å². The van der Waals surface area contributed by atoms with Crippen molar-refractivity contribution in [2.75, 3.05) is 6.54 Å². The Morgan fingerprint density at radius 3 is 2.32 bits per heavy atom. The first-order valence-electron chi connectivity index (χ1n) is 14.3. The number of ether oxygens (including phenoxy) is 2. The van der Waals surface area contributed by atoms with E-state index in [4.69, 9.17) is 9.47 Å². The Kier molecular flexibility index (Phi) is 9.43. The summed E-state index contributed by atoms with van der Waals surface area (Å²) in [6.45, 7) is 9.37. The average Bonchev–Trinajstić information content (AvgIpc) is 3.15. The first-order chi connectivity index (χ1) is 19.4. The van der Waals surface area contributed by atoms with Gasteiger partial charge in [0.1, 0.15) is 24.3 Å². The summed E-state index contributed by atoms with van der Waals surface area (Å²) in [6.07, 6.45) is 6.27. The van der Waals surface area contributed by atoms with Crippen LogP contribution in [0.5, 0.6) is 0 Å². The van der Waals surface area contributed by atoms with Crippen LogP contribution in [0.1, 0.15) is 91.3 Å². The average molecular weight is 561 g/mol. The van der Waals surface area contributed by atoms with Crippen molar-refractivity contribution in [2.24, 2.45) is 5.92 Å². The molecule has 1 aliphatic heterocycles. The van der Waals surface area contributed by atoms with E-state index in [-0.39, 0.29) is 37.3 Å². The van der Waals surface area contributed by atoms with Crippen LogP contribution in [0.4, 0.5) is 0 Å². The zero-order valence-electron chi connectivity index (χ0n) is 24.6. The van der Waals surface area contributed by atoms with Crippen LogP contribution in [0.25, 0.3) is 6.08 Å². The molecule has 8 nitrogen and oxygen atoms in total. The van der Waals surface area contributed by atoms with E-state index in [1.54, 1.807) is 26.8 Å². The topological polar surface area (TPSA) is 102 Å². The van der Waals surface area contributed by atoms with Gasteiger partial charge in [0.15, 0.2) is 0 Å². The van der Waals surface area contributed by atoms with E-state index in [1.165, 1.54) is 4.90 Å². The number of nitrogens with zero attached hydrogens (tertiary/aromatic N) is 1. The van der Waals surface area contributed by atoms with E-state index in [9.17, 15) is 19.2 Å². The predicted molar refractivity (Wildman–Crippen MR) is 156 cm³/mol. The maximum Gasteiger partial charge on any atom is 0.323 e. The molecule has 41 heavy (non-hydrogen) atoms. The molecule has 0 saturated heterocycles. The van der Waals surface area contributed by atoms with Crippen molar-refractivity contribution in [1.29, 1.82) is 0 Å². The molecule has 2 aromatic rings. The highest BCUT2D eigenvalue weighted by molar-refractivity contribution is 6.21. The minimum atomic E-state index is -0.942. The van der Waals surface area contributed by atoms with Crippen LogP contribution in [-0.4, -0.2) is 52.9 Å². The fourth-order valence-electron chi connectivity index (χ4n) is 5.10. The van der Waals surface area contributed by atoms with Crippen LogP contribution in [0.2, 0.25) is 0 Å². The van der Waals surface area contributed by atoms with Crippen LogP contribution in [-0.2, 0) is 32.1 Å². The van der Waals surface area contributed by atoms with Gasteiger partial charge in [0.05, 0.1) is 11.1 Å². The maximum atomic E-state index is 13.3. The Morgan fingerprint density at radius 1 is 0.976 bits per heavy atom. The van der Waals surface area contributed by atoms with Crippen LogP contribution in [0.3, 0.4) is 0 Å². The Labute approximate surface area is 242 Å². The number of fused-ring (bicyclic) bond motifs is 2. The van der Waals surface area contributed by atoms with Crippen molar-refractivity contribution >= 4 is 29.8 Å². The Hall–Kier alpha value is -3.78. The molecule has 1 heterocycles. The van der Waals surface area contributed by atoms with E-state index in [0.717, 1.165) is 29.5 Å². The molecule has 1 N–H and O–H groups in total. The molecule has 2 atom stereocenters. The minimum absolute atomic E-state index is 0.00275. The van der Waals surface area contributed by atoms with Gasteiger partial charge in [0.25, 0.3) is 11.8 Å². The van der Waals surface area contributed by atoms with Crippen LogP contribution in [0.15, 0.2) is 48.5 Å². The van der Waals surface area contributed by atoms with Gasteiger partial charge in [0, 0.05) is 6.54 Å². The molecule has 0 saturated carbocycles. The van der Waals surface area contributed by atoms with Crippen molar-refractivity contribution in [3.05, 3.63) is 76.4 Å². The molecule has 0 bridgehead atoms. The number of allylic oxidation sites excluding steroid dienone is 1. The zero-order valence-corrected chi connectivity index (χ0v) is 24.6. The van der Waals surface area contributed by atoms with Crippen molar-refractivity contribution in [3.8, 4) is 0 Å². The van der Waals surface area contributed by atoms with Crippen LogP contribution < -0.4 is 5.32 Å². The van der Waals surface area contributed by atoms with Gasteiger partial charge in [-0.1, -0.05) is 56.3 Å². The third kappa shape index (κ3) is 7.70. The molecular formula is C33H40N2O6. The standard InChI is InChI=1S/C33H40N2O6/c1-21(2)17-28(31(38)40-20-22-11-7-6-8-12-22)34-27(32(39)41-33(3,4)5)15-16-35-29(36)25-18-23-13-9-10-14-24(23)19-26(25)30(35)37/h6-9,11-13,18-19,21,27-28,34H,10,14-17,20H2,1-5H3/t27-,28+/m1/s1. The first kappa shape index (κ1) is 30.2. The number of aryl methyl sites for hydroxylation is 1. The molecule has 0 spiro atoms. The van der Waals surface area contributed by atoms with Gasteiger partial charge in [-0.3, -0.25) is 29.4 Å². The van der Waals surface area contributed by atoms with Gasteiger partial charge in [0.2, 0.25) is 0 Å². The summed E-state index contributed by atoms with van der Waals surface area (Å²) in [7, 11) is 0. The number of carbonyl (C=O) groups excluding carboxylic acids is 4. The fraction of sp³-hybridized carbons (Fsp3) is 0.455. The largest absolute Gasteiger partial charge is 0.460 e. The second-order valence-electron chi connectivity index (χ2n) is 12.1. The summed E-state index contributed by atoms with van der Waals surface area (Å²) in [4.78, 5) is 54.2. The van der Waals surface area contributed by atoms with Gasteiger partial charge < -0.3 is 9.47 Å².